The number of primary amides is 1. The Morgan fingerprint density at radius 1 is 0.458 bits per heavy atom. The van der Waals surface area contributed by atoms with Crippen LogP contribution in [0.2, 0.25) is 15.1 Å². The molecule has 44 heteroatoms. The SMILES string of the molecule is CC(C)(C)C[C@]1(c2ccc(-c3cnn(C(F)F)c3)cc2)N=C(N)N([C@H](COC(=O)CC2CC2)c2ccc(Cl)c(-c3cnc[nH]3)c2)C1=O.CC(C)(C)C[C@]1(c2ccc(-c3cnn(C(F)F)c3)cc2)N=C(N)N([C@H](COC(N)=O)c2ccc(Cl)c(-c3cnc[nH]3)c2)C1=O.CN(C)S(=O)(=O)n1cnc(-c2cc([C@@H](COC(=O)CC3CC3)N3C(=O)[C@@](CC(C)(C)C)(c4ccc(-c5cnn(C(F)F)c5)cc4)N=C3N)ccc2Cl)c1. The van der Waals surface area contributed by atoms with Crippen LogP contribution in [-0.2, 0) is 65.0 Å². The minimum atomic E-state index is -3.86. The molecule has 12 aromatic rings. The third-order valence-electron chi connectivity index (χ3n) is 24.9. The van der Waals surface area contributed by atoms with Crippen molar-refractivity contribution < 1.29 is 77.7 Å². The van der Waals surface area contributed by atoms with E-state index in [9.17, 15) is 63.5 Å². The number of aromatic amines is 2. The van der Waals surface area contributed by atoms with Crippen molar-refractivity contribution in [1.82, 2.24) is 77.2 Å². The monoisotopic (exact) mass is 2060 g/mol. The summed E-state index contributed by atoms with van der Waals surface area (Å²) < 4.78 is 125. The predicted octanol–water partition coefficient (Wildman–Crippen LogP) is 18.5. The molecule has 2 fully saturated rings. The summed E-state index contributed by atoms with van der Waals surface area (Å²) in [7, 11) is -1.06. The van der Waals surface area contributed by atoms with Crippen LogP contribution in [0.15, 0.2) is 217 Å². The van der Waals surface area contributed by atoms with E-state index < -0.39 is 93.9 Å². The van der Waals surface area contributed by atoms with E-state index in [0.29, 0.717) is 138 Å². The number of nitrogens with zero attached hydrogens (tertiary/aromatic N) is 17. The molecular weight excluding hydrogens is 1950 g/mol. The number of halogens is 9. The quantitative estimate of drug-likeness (QED) is 0.0126. The van der Waals surface area contributed by atoms with Crippen molar-refractivity contribution in [3.8, 4) is 67.2 Å². The molecule has 6 atom stereocenters. The highest BCUT2D eigenvalue weighted by Crippen LogP contribution is 2.51. The van der Waals surface area contributed by atoms with E-state index in [0.717, 1.165) is 40.3 Å². The highest BCUT2D eigenvalue weighted by atomic mass is 35.5. The van der Waals surface area contributed by atoms with E-state index in [1.165, 1.54) is 78.5 Å². The fraction of sp³-hybridized carbons (Fsp3) is 0.370. The number of carbonyl (C=O) groups is 6. The Morgan fingerprint density at radius 3 is 1.05 bits per heavy atom. The number of nitrogens with one attached hydrogen (secondary N) is 2. The topological polar surface area (TPSA) is 447 Å². The first kappa shape index (κ1) is 104. The standard InChI is InChI=1S/C36H41ClF2N8O5S.C34H36ClF2N7O3.C30H31ClF2N8O3/c1-35(2,3)20-36(26-11-8-23(9-12-26)25-16-42-46(17-25)33(38)39)32(49)47(34(40)43-36)30(19-52-31(48)14-22-6-7-22)24-10-13-28(37)27(15-24)29-18-45(21-41-29)53(50,51)44(4)5;1-33(2,3)18-34(24-9-6-21(7-10-24)23-14-41-43(16-23)31(36)37)30(46)44(32(38)42-34)28(17-47-29(45)12-20-4-5-20)22-8-11-26(35)25(13-22)27-15-39-19-40-27;1-29(2,3)15-30(20-7-4-17(5-8-20)19-11-38-40(13-19)26(32)33)25(42)41(27(34)39-30)24(14-44-28(35)43)18-6-9-22(31)21(10-18)23-12-36-16-37-23/h8-13,15-18,21-22,30,33H,6-7,14,19-20H2,1-5H3,(H2,40,43);6-11,13-16,19-20,28,31H,4-5,12,17-18H2,1-3H3,(H2,38,42)(H,39,40);4-13,16,24,26H,14-15H2,1-3H3,(H2,34,39)(H2,35,43)(H,36,37)/t30-,36-;28-,34-;24-,30-/m111/s1. The second kappa shape index (κ2) is 41.7. The van der Waals surface area contributed by atoms with Gasteiger partial charge >= 0.3 is 47.9 Å². The number of carbonyl (C=O) groups excluding carboxylic acids is 6. The molecule has 2 saturated carbocycles. The highest BCUT2D eigenvalue weighted by Gasteiger charge is 2.57. The van der Waals surface area contributed by atoms with Gasteiger partial charge in [-0.25, -0.2) is 52.7 Å². The molecule has 4 amide bonds. The Labute approximate surface area is 840 Å². The first-order valence-corrected chi connectivity index (χ1v) is 48.5. The van der Waals surface area contributed by atoms with Crippen LogP contribution < -0.4 is 22.9 Å². The molecule has 0 radical (unpaired) electrons. The van der Waals surface area contributed by atoms with E-state index in [2.05, 4.69) is 40.2 Å². The largest absolute Gasteiger partial charge is 0.463 e. The minimum absolute atomic E-state index is 0.0113. The van der Waals surface area contributed by atoms with E-state index in [-0.39, 0.29) is 96.3 Å². The lowest BCUT2D eigenvalue weighted by Gasteiger charge is -2.35. The summed E-state index contributed by atoms with van der Waals surface area (Å²) in [6, 6.07) is 33.5. The summed E-state index contributed by atoms with van der Waals surface area (Å²) in [6.45, 7) is 8.89. The van der Waals surface area contributed by atoms with Gasteiger partial charge in [-0.15, -0.1) is 0 Å². The average molecular weight is 2060 g/mol. The molecule has 34 nitrogen and oxygen atoms in total. The van der Waals surface area contributed by atoms with Crippen LogP contribution in [-0.4, -0.2) is 173 Å². The van der Waals surface area contributed by atoms with Gasteiger partial charge in [-0.2, -0.15) is 54.4 Å². The lowest BCUT2D eigenvalue weighted by molar-refractivity contribution is -0.148. The highest BCUT2D eigenvalue weighted by molar-refractivity contribution is 7.87. The van der Waals surface area contributed by atoms with Crippen molar-refractivity contribution in [2.45, 2.75) is 174 Å². The fourth-order valence-corrected chi connectivity index (χ4v) is 19.4. The molecule has 9 heterocycles. The molecule has 5 aliphatic rings. The summed E-state index contributed by atoms with van der Waals surface area (Å²) in [6.07, 6.45) is 20.9. The van der Waals surface area contributed by atoms with Gasteiger partial charge in [0.2, 0.25) is 0 Å². The zero-order valence-electron chi connectivity index (χ0n) is 80.4. The molecule has 758 valence electrons. The number of nitrogens with two attached hydrogens (primary N) is 4. The number of amides is 4. The van der Waals surface area contributed by atoms with Gasteiger partial charge in [0.15, 0.2) is 34.5 Å². The Balaban J connectivity index is 0.000000163. The van der Waals surface area contributed by atoms with Crippen LogP contribution in [0.4, 0.5) is 31.1 Å². The average Bonchev–Trinajstić information content (AvgIpc) is 1.58. The molecule has 2 aliphatic carbocycles. The molecule has 3 aliphatic heterocycles. The van der Waals surface area contributed by atoms with Gasteiger partial charge in [-0.05, 0) is 159 Å². The van der Waals surface area contributed by atoms with Crippen molar-refractivity contribution in [3.63, 3.8) is 0 Å². The maximum Gasteiger partial charge on any atom is 0.404 e. The number of H-pyrrole nitrogens is 2. The fourth-order valence-electron chi connectivity index (χ4n) is 17.9. The predicted molar refractivity (Wildman–Crippen MR) is 529 cm³/mol. The van der Waals surface area contributed by atoms with Crippen molar-refractivity contribution in [3.05, 3.63) is 251 Å². The number of rotatable bonds is 33. The molecule has 0 saturated heterocycles. The Kier molecular flexibility index (Phi) is 30.2. The molecule has 0 unspecified atom stereocenters. The van der Waals surface area contributed by atoms with E-state index >= 15 is 0 Å². The van der Waals surface area contributed by atoms with Gasteiger partial charge in [0, 0.05) is 95.2 Å². The summed E-state index contributed by atoms with van der Waals surface area (Å²) in [4.78, 5) is 119. The second-order valence-corrected chi connectivity index (χ2v) is 43.1. The second-order valence-electron chi connectivity index (χ2n) is 39.8. The van der Waals surface area contributed by atoms with E-state index in [1.807, 2.05) is 68.4 Å². The van der Waals surface area contributed by atoms with Gasteiger partial charge in [-0.3, -0.25) is 38.7 Å². The third-order valence-corrected chi connectivity index (χ3v) is 27.6. The third kappa shape index (κ3) is 23.1. The Bertz CT molecular complexity index is 6950. The molecule has 6 aromatic carbocycles. The van der Waals surface area contributed by atoms with Crippen molar-refractivity contribution >= 4 is 98.6 Å². The number of alkyl halides is 6. The normalized spacial score (nSPS) is 18.4. The first-order valence-electron chi connectivity index (χ1n) is 46.0. The first-order chi connectivity index (χ1) is 68.0. The summed E-state index contributed by atoms with van der Waals surface area (Å²) in [5.41, 5.74) is 29.6. The minimum Gasteiger partial charge on any atom is -0.463 e. The molecule has 0 spiro atoms. The maximum absolute atomic E-state index is 15.0. The maximum atomic E-state index is 15.0. The molecule has 0 bridgehead atoms. The lowest BCUT2D eigenvalue weighted by Crippen LogP contribution is -2.47. The van der Waals surface area contributed by atoms with Gasteiger partial charge < -0.3 is 47.1 Å². The summed E-state index contributed by atoms with van der Waals surface area (Å²) in [5, 5.41) is 12.3. The van der Waals surface area contributed by atoms with Crippen LogP contribution in [0.1, 0.15) is 191 Å². The van der Waals surface area contributed by atoms with Crippen LogP contribution in [0, 0.1) is 28.1 Å². The Morgan fingerprint density at radius 2 is 0.771 bits per heavy atom. The van der Waals surface area contributed by atoms with Gasteiger partial charge in [0.25, 0.3) is 17.7 Å². The Hall–Kier alpha value is -14.0. The molecule has 17 rings (SSSR count). The summed E-state index contributed by atoms with van der Waals surface area (Å²) in [5.74, 6) is -1.59. The number of aromatic nitrogens is 12. The molecular formula is C100H108Cl3F6N23O11S. The number of imidazole rings is 3. The number of hydrogen-bond acceptors (Lipinski definition) is 23. The van der Waals surface area contributed by atoms with E-state index in [4.69, 9.17) is 86.9 Å². The van der Waals surface area contributed by atoms with Crippen molar-refractivity contribution in [1.29, 1.82) is 0 Å². The summed E-state index contributed by atoms with van der Waals surface area (Å²) >= 11 is 19.7. The smallest absolute Gasteiger partial charge is 0.404 e. The van der Waals surface area contributed by atoms with Crippen LogP contribution >= 0.6 is 34.8 Å². The number of ether oxygens (including phenoxy) is 3. The molecule has 10 N–H and O–H groups in total. The van der Waals surface area contributed by atoms with Crippen molar-refractivity contribution in [2.24, 2.45) is 66.0 Å². The van der Waals surface area contributed by atoms with Crippen LogP contribution in [0.3, 0.4) is 0 Å². The lowest BCUT2D eigenvalue weighted by atomic mass is 9.75. The van der Waals surface area contributed by atoms with Crippen LogP contribution in [0.5, 0.6) is 0 Å². The number of esters is 2. The zero-order chi connectivity index (χ0) is 104. The molecule has 144 heavy (non-hydrogen) atoms. The van der Waals surface area contributed by atoms with Crippen molar-refractivity contribution in [2.75, 3.05) is 33.9 Å². The number of guanidine groups is 3. The van der Waals surface area contributed by atoms with Crippen LogP contribution in [0.25, 0.3) is 67.2 Å². The number of aliphatic imine (C=N–C) groups is 3. The van der Waals surface area contributed by atoms with Gasteiger partial charge in [0.05, 0.1) is 83.9 Å². The number of hydrogen-bond donors (Lipinski definition) is 6. The molecule has 6 aromatic heterocycles. The zero-order valence-corrected chi connectivity index (χ0v) is 83.5. The van der Waals surface area contributed by atoms with Gasteiger partial charge in [0.1, 0.15) is 26.1 Å². The number of benzene rings is 6. The van der Waals surface area contributed by atoms with Gasteiger partial charge in [-0.1, -0.05) is 188 Å². The van der Waals surface area contributed by atoms with E-state index in [1.54, 1.807) is 140 Å².